The van der Waals surface area contributed by atoms with Crippen molar-refractivity contribution in [3.05, 3.63) is 77.9 Å². The van der Waals surface area contributed by atoms with Gasteiger partial charge in [0.15, 0.2) is 0 Å². The average Bonchev–Trinajstić information content (AvgIpc) is 2.55. The second kappa shape index (κ2) is 8.49. The molecule has 22 heavy (non-hydrogen) atoms. The topological polar surface area (TPSA) is 37.3 Å². The van der Waals surface area contributed by atoms with Crippen molar-refractivity contribution in [1.82, 2.24) is 0 Å². The van der Waals surface area contributed by atoms with Gasteiger partial charge in [0.05, 0.1) is 0 Å². The summed E-state index contributed by atoms with van der Waals surface area (Å²) in [5, 5.41) is 8.70. The summed E-state index contributed by atoms with van der Waals surface area (Å²) in [7, 11) is 0. The second-order valence-corrected chi connectivity index (χ2v) is 4.89. The molecule has 0 aromatic heterocycles. The standard InChI is InChI=1S/C20H18O2/c21-20(22)14-8-7-13-19(18-11-5-2-6-12-18)16-15-17-9-3-1-4-10-17/h1-6,9-13H,7-8,14H2,(H,21,22)/b19-13+. The lowest BCUT2D eigenvalue weighted by Gasteiger charge is -2.00. The van der Waals surface area contributed by atoms with Gasteiger partial charge in [0.1, 0.15) is 0 Å². The molecule has 0 aliphatic carbocycles. The number of allylic oxidation sites excluding steroid dienone is 2. The van der Waals surface area contributed by atoms with Crippen molar-refractivity contribution >= 4 is 11.5 Å². The van der Waals surface area contributed by atoms with Gasteiger partial charge in [0.25, 0.3) is 0 Å². The predicted molar refractivity (Wildman–Crippen MR) is 89.2 cm³/mol. The van der Waals surface area contributed by atoms with Gasteiger partial charge in [0.2, 0.25) is 0 Å². The summed E-state index contributed by atoms with van der Waals surface area (Å²) in [6.45, 7) is 0. The van der Waals surface area contributed by atoms with E-state index < -0.39 is 5.97 Å². The van der Waals surface area contributed by atoms with Crippen LogP contribution in [0.5, 0.6) is 0 Å². The number of carbonyl (C=O) groups is 1. The van der Waals surface area contributed by atoms with Crippen LogP contribution in [-0.4, -0.2) is 11.1 Å². The zero-order valence-corrected chi connectivity index (χ0v) is 12.3. The fraction of sp³-hybridized carbons (Fsp3) is 0.150. The van der Waals surface area contributed by atoms with Crippen molar-refractivity contribution < 1.29 is 9.90 Å². The van der Waals surface area contributed by atoms with Gasteiger partial charge in [0, 0.05) is 17.6 Å². The molecule has 110 valence electrons. The molecule has 0 spiro atoms. The summed E-state index contributed by atoms with van der Waals surface area (Å²) in [6.07, 6.45) is 3.54. The quantitative estimate of drug-likeness (QED) is 0.655. The van der Waals surface area contributed by atoms with E-state index in [4.69, 9.17) is 5.11 Å². The number of carboxylic acid groups (broad SMARTS) is 1. The first-order valence-electron chi connectivity index (χ1n) is 7.30. The lowest BCUT2D eigenvalue weighted by atomic mass is 10.0. The Morgan fingerprint density at radius 3 is 2.27 bits per heavy atom. The van der Waals surface area contributed by atoms with E-state index in [0.717, 1.165) is 16.7 Å². The Morgan fingerprint density at radius 2 is 1.64 bits per heavy atom. The Labute approximate surface area is 131 Å². The third kappa shape index (κ3) is 5.30. The molecule has 2 aromatic rings. The highest BCUT2D eigenvalue weighted by molar-refractivity contribution is 5.79. The molecule has 0 unspecified atom stereocenters. The van der Waals surface area contributed by atoms with Crippen molar-refractivity contribution in [1.29, 1.82) is 0 Å². The molecule has 0 heterocycles. The average molecular weight is 290 g/mol. The van der Waals surface area contributed by atoms with Gasteiger partial charge in [-0.15, -0.1) is 0 Å². The Bertz CT molecular complexity index is 689. The first-order valence-corrected chi connectivity index (χ1v) is 7.30. The fourth-order valence-corrected chi connectivity index (χ4v) is 2.02. The SMILES string of the molecule is O=C(O)CCC/C=C(\C#Cc1ccccc1)c1ccccc1. The molecule has 0 atom stereocenters. The van der Waals surface area contributed by atoms with Gasteiger partial charge >= 0.3 is 5.97 Å². The number of rotatable bonds is 5. The number of hydrogen-bond acceptors (Lipinski definition) is 1. The maximum Gasteiger partial charge on any atom is 0.303 e. The van der Waals surface area contributed by atoms with E-state index in [9.17, 15) is 4.79 Å². The maximum absolute atomic E-state index is 10.6. The van der Waals surface area contributed by atoms with E-state index in [0.29, 0.717) is 12.8 Å². The molecule has 0 aliphatic heterocycles. The van der Waals surface area contributed by atoms with Crippen molar-refractivity contribution in [3.8, 4) is 11.8 Å². The summed E-state index contributed by atoms with van der Waals surface area (Å²) in [6, 6.07) is 19.8. The van der Waals surface area contributed by atoms with Crippen molar-refractivity contribution in [3.63, 3.8) is 0 Å². The van der Waals surface area contributed by atoms with Crippen LogP contribution < -0.4 is 0 Å². The van der Waals surface area contributed by atoms with Gasteiger partial charge in [-0.05, 0) is 30.5 Å². The van der Waals surface area contributed by atoms with E-state index in [-0.39, 0.29) is 6.42 Å². The van der Waals surface area contributed by atoms with Crippen LogP contribution in [0.3, 0.4) is 0 Å². The predicted octanol–water partition coefficient (Wildman–Crippen LogP) is 4.38. The van der Waals surface area contributed by atoms with E-state index in [1.54, 1.807) is 0 Å². The molecule has 2 nitrogen and oxygen atoms in total. The molecule has 0 fully saturated rings. The molecule has 0 amide bonds. The summed E-state index contributed by atoms with van der Waals surface area (Å²) in [5.74, 6) is 5.60. The Morgan fingerprint density at radius 1 is 1.00 bits per heavy atom. The van der Waals surface area contributed by atoms with Crippen LogP contribution in [-0.2, 0) is 4.79 Å². The minimum atomic E-state index is -0.759. The van der Waals surface area contributed by atoms with E-state index in [1.807, 2.05) is 66.7 Å². The van der Waals surface area contributed by atoms with Gasteiger partial charge in [-0.2, -0.15) is 0 Å². The van der Waals surface area contributed by atoms with Crippen LogP contribution in [0.4, 0.5) is 0 Å². The molecule has 2 heteroatoms. The molecule has 0 saturated carbocycles. The molecule has 1 N–H and O–H groups in total. The number of benzene rings is 2. The van der Waals surface area contributed by atoms with Crippen LogP contribution >= 0.6 is 0 Å². The highest BCUT2D eigenvalue weighted by Crippen LogP contribution is 2.15. The number of carboxylic acids is 1. The van der Waals surface area contributed by atoms with Gasteiger partial charge in [-0.3, -0.25) is 4.79 Å². The fourth-order valence-electron chi connectivity index (χ4n) is 2.02. The lowest BCUT2D eigenvalue weighted by molar-refractivity contribution is -0.137. The van der Waals surface area contributed by atoms with Crippen molar-refractivity contribution in [2.45, 2.75) is 19.3 Å². The third-order valence-electron chi connectivity index (χ3n) is 3.14. The zero-order chi connectivity index (χ0) is 15.6. The van der Waals surface area contributed by atoms with Crippen LogP contribution in [0.2, 0.25) is 0 Å². The minimum absolute atomic E-state index is 0.185. The van der Waals surface area contributed by atoms with Crippen LogP contribution in [0.25, 0.3) is 5.57 Å². The van der Waals surface area contributed by atoms with Crippen LogP contribution in [0, 0.1) is 11.8 Å². The smallest absolute Gasteiger partial charge is 0.303 e. The summed E-state index contributed by atoms with van der Waals surface area (Å²) < 4.78 is 0. The minimum Gasteiger partial charge on any atom is -0.481 e. The first kappa shape index (κ1) is 15.6. The van der Waals surface area contributed by atoms with Gasteiger partial charge in [-0.1, -0.05) is 66.4 Å². The molecular weight excluding hydrogens is 272 g/mol. The molecule has 0 bridgehead atoms. The Balaban J connectivity index is 2.17. The largest absolute Gasteiger partial charge is 0.481 e. The summed E-state index contributed by atoms with van der Waals surface area (Å²) in [5.41, 5.74) is 2.96. The molecular formula is C20H18O2. The molecule has 2 rings (SSSR count). The zero-order valence-electron chi connectivity index (χ0n) is 12.3. The van der Waals surface area contributed by atoms with Crippen LogP contribution in [0.15, 0.2) is 66.7 Å². The highest BCUT2D eigenvalue weighted by Gasteiger charge is 1.99. The van der Waals surface area contributed by atoms with Gasteiger partial charge in [-0.25, -0.2) is 0 Å². The van der Waals surface area contributed by atoms with E-state index in [1.165, 1.54) is 0 Å². The Hall–Kier alpha value is -2.79. The highest BCUT2D eigenvalue weighted by atomic mass is 16.4. The number of aliphatic carboxylic acids is 1. The third-order valence-corrected chi connectivity index (χ3v) is 3.14. The van der Waals surface area contributed by atoms with Crippen molar-refractivity contribution in [2.75, 3.05) is 0 Å². The molecule has 0 aliphatic rings. The summed E-state index contributed by atoms with van der Waals surface area (Å²) >= 11 is 0. The monoisotopic (exact) mass is 290 g/mol. The van der Waals surface area contributed by atoms with Crippen LogP contribution in [0.1, 0.15) is 30.4 Å². The van der Waals surface area contributed by atoms with E-state index >= 15 is 0 Å². The number of unbranched alkanes of at least 4 members (excludes halogenated alkanes) is 1. The van der Waals surface area contributed by atoms with E-state index in [2.05, 4.69) is 11.8 Å². The maximum atomic E-state index is 10.6. The molecule has 0 radical (unpaired) electrons. The molecule has 2 aromatic carbocycles. The second-order valence-electron chi connectivity index (χ2n) is 4.89. The Kier molecular flexibility index (Phi) is 6.02. The summed E-state index contributed by atoms with van der Waals surface area (Å²) in [4.78, 5) is 10.6. The van der Waals surface area contributed by atoms with Crippen molar-refractivity contribution in [2.24, 2.45) is 0 Å². The lowest BCUT2D eigenvalue weighted by Crippen LogP contribution is -1.93. The van der Waals surface area contributed by atoms with Gasteiger partial charge < -0.3 is 5.11 Å². The number of hydrogen-bond donors (Lipinski definition) is 1. The molecule has 0 saturated heterocycles. The first-order chi connectivity index (χ1) is 10.8. The normalized spacial score (nSPS) is 10.6.